The number of nitrogens with zero attached hydrogens (tertiary/aromatic N) is 1. The van der Waals surface area contributed by atoms with Crippen LogP contribution in [0.25, 0.3) is 11.1 Å². The third-order valence-electron chi connectivity index (χ3n) is 6.33. The molecule has 244 valence electrons. The monoisotopic (exact) mass is 637 g/mol. The van der Waals surface area contributed by atoms with Crippen LogP contribution in [0.3, 0.4) is 0 Å². The van der Waals surface area contributed by atoms with Gasteiger partial charge in [-0.3, -0.25) is 19.2 Å². The third kappa shape index (κ3) is 9.47. The Morgan fingerprint density at radius 3 is 2.04 bits per heavy atom. The number of benzene rings is 2. The molecule has 3 aromatic rings. The summed E-state index contributed by atoms with van der Waals surface area (Å²) in [5, 5.41) is 13.5. The Labute approximate surface area is 257 Å². The van der Waals surface area contributed by atoms with Crippen molar-refractivity contribution in [2.45, 2.75) is 60.2 Å². The van der Waals surface area contributed by atoms with Gasteiger partial charge in [0.2, 0.25) is 5.91 Å². The van der Waals surface area contributed by atoms with Gasteiger partial charge in [0.25, 0.3) is 11.5 Å². The quantitative estimate of drug-likeness (QED) is 0.262. The molecule has 0 aliphatic carbocycles. The van der Waals surface area contributed by atoms with Gasteiger partial charge in [0.1, 0.15) is 17.2 Å². The summed E-state index contributed by atoms with van der Waals surface area (Å²) < 4.78 is 74.1. The van der Waals surface area contributed by atoms with Crippen LogP contribution in [-0.4, -0.2) is 34.0 Å². The predicted octanol–water partition coefficient (Wildman–Crippen LogP) is 6.00. The zero-order valence-electron chi connectivity index (χ0n) is 26.0. The van der Waals surface area contributed by atoms with E-state index in [0.717, 1.165) is 16.0 Å². The number of carboxylic acid groups (broad SMARTS) is 1. The molecular formula is C32H36F5N3O5. The molecule has 45 heavy (non-hydrogen) atoms. The van der Waals surface area contributed by atoms with Crippen molar-refractivity contribution in [1.29, 1.82) is 0 Å². The lowest BCUT2D eigenvalue weighted by molar-refractivity contribution is -0.140. The van der Waals surface area contributed by atoms with Gasteiger partial charge in [0.05, 0.1) is 24.6 Å². The summed E-state index contributed by atoms with van der Waals surface area (Å²) in [6.07, 6.45) is -5.09. The topological polar surface area (TPSA) is 118 Å². The van der Waals surface area contributed by atoms with Gasteiger partial charge >= 0.3 is 12.1 Å². The van der Waals surface area contributed by atoms with Gasteiger partial charge in [-0.25, -0.2) is 8.78 Å². The van der Waals surface area contributed by atoms with E-state index < -0.39 is 76.9 Å². The Morgan fingerprint density at radius 1 is 0.978 bits per heavy atom. The molecule has 0 saturated heterocycles. The number of halogens is 5. The van der Waals surface area contributed by atoms with Gasteiger partial charge in [-0.05, 0) is 61.6 Å². The maximum absolute atomic E-state index is 16.0. The molecule has 3 N–H and O–H groups in total. The second-order valence-electron chi connectivity index (χ2n) is 11.3. The van der Waals surface area contributed by atoms with E-state index in [1.165, 1.54) is 39.2 Å². The van der Waals surface area contributed by atoms with E-state index >= 15 is 8.78 Å². The highest BCUT2D eigenvalue weighted by molar-refractivity contribution is 5.96. The van der Waals surface area contributed by atoms with Crippen LogP contribution >= 0.6 is 0 Å². The first-order valence-corrected chi connectivity index (χ1v) is 13.9. The molecule has 3 rings (SSSR count). The summed E-state index contributed by atoms with van der Waals surface area (Å²) in [6.45, 7) is 10.4. The average Bonchev–Trinajstić information content (AvgIpc) is 2.88. The molecule has 2 amide bonds. The standard InChI is InChI=1S/C28H26F5N3O5.C4H10/c1-13-8-14(2)22(15(3)9-13)17-10-18(28(31,32)33)25(30)23(24(17)29)19(11-21(38)39)35-20(37)12-34-26(40)16-6-5-7-36(4)27(16)41;1-4(2)3/h5-10,19H,11-12H2,1-4H3,(H,34,40)(H,35,37)(H,38,39);4H,1-3H3. The van der Waals surface area contributed by atoms with E-state index in [0.29, 0.717) is 17.2 Å². The van der Waals surface area contributed by atoms with Gasteiger partial charge in [-0.15, -0.1) is 0 Å². The fourth-order valence-corrected chi connectivity index (χ4v) is 4.63. The average molecular weight is 638 g/mol. The molecule has 13 heteroatoms. The summed E-state index contributed by atoms with van der Waals surface area (Å²) in [6, 6.07) is 4.00. The van der Waals surface area contributed by atoms with Gasteiger partial charge in [-0.1, -0.05) is 38.5 Å². The zero-order chi connectivity index (χ0) is 34.4. The highest BCUT2D eigenvalue weighted by Gasteiger charge is 2.40. The highest BCUT2D eigenvalue weighted by Crippen LogP contribution is 2.42. The fourth-order valence-electron chi connectivity index (χ4n) is 4.63. The number of aromatic nitrogens is 1. The molecule has 0 aliphatic rings. The Kier molecular flexibility index (Phi) is 12.2. The molecule has 0 spiro atoms. The summed E-state index contributed by atoms with van der Waals surface area (Å²) >= 11 is 0. The smallest absolute Gasteiger partial charge is 0.419 e. The number of hydrogen-bond acceptors (Lipinski definition) is 4. The van der Waals surface area contributed by atoms with E-state index in [1.54, 1.807) is 19.1 Å². The summed E-state index contributed by atoms with van der Waals surface area (Å²) in [5.41, 5.74) is -3.20. The fraction of sp³-hybridized carbons (Fsp3) is 0.375. The second-order valence-corrected chi connectivity index (χ2v) is 11.3. The van der Waals surface area contributed by atoms with Crippen LogP contribution < -0.4 is 16.2 Å². The highest BCUT2D eigenvalue weighted by atomic mass is 19.4. The minimum Gasteiger partial charge on any atom is -0.481 e. The maximum atomic E-state index is 16.0. The lowest BCUT2D eigenvalue weighted by atomic mass is 9.88. The minimum atomic E-state index is -5.29. The minimum absolute atomic E-state index is 0.0527. The molecule has 0 bridgehead atoms. The van der Waals surface area contributed by atoms with Crippen molar-refractivity contribution in [2.75, 3.05) is 6.54 Å². The number of aliphatic carboxylic acids is 1. The van der Waals surface area contributed by atoms with Crippen molar-refractivity contribution in [3.05, 3.63) is 91.9 Å². The van der Waals surface area contributed by atoms with Crippen molar-refractivity contribution in [3.63, 3.8) is 0 Å². The molecule has 0 fully saturated rings. The number of nitrogens with one attached hydrogen (secondary N) is 2. The lowest BCUT2D eigenvalue weighted by Gasteiger charge is -2.24. The SMILES string of the molecule is CC(C)C.Cc1cc(C)c(-c2cc(C(F)(F)F)c(F)c(C(CC(=O)O)NC(=O)CNC(=O)c3cccn(C)c3=O)c2F)c(C)c1. The molecule has 1 atom stereocenters. The molecule has 0 saturated carbocycles. The van der Waals surface area contributed by atoms with Crippen LogP contribution in [0.5, 0.6) is 0 Å². The predicted molar refractivity (Wildman–Crippen MR) is 159 cm³/mol. The molecule has 2 aromatic carbocycles. The zero-order valence-corrected chi connectivity index (χ0v) is 26.0. The first-order chi connectivity index (χ1) is 20.8. The summed E-state index contributed by atoms with van der Waals surface area (Å²) in [4.78, 5) is 48.7. The van der Waals surface area contributed by atoms with Crippen LogP contribution in [0.4, 0.5) is 22.0 Å². The third-order valence-corrected chi connectivity index (χ3v) is 6.33. The van der Waals surface area contributed by atoms with E-state index in [-0.39, 0.29) is 11.1 Å². The van der Waals surface area contributed by atoms with Crippen LogP contribution in [0, 0.1) is 38.3 Å². The van der Waals surface area contributed by atoms with Gasteiger partial charge in [0, 0.05) is 24.4 Å². The van der Waals surface area contributed by atoms with Crippen molar-refractivity contribution in [3.8, 4) is 11.1 Å². The molecule has 1 aromatic heterocycles. The number of carbonyl (C=O) groups is 3. The number of hydrogen-bond donors (Lipinski definition) is 3. The molecule has 8 nitrogen and oxygen atoms in total. The first-order valence-electron chi connectivity index (χ1n) is 13.9. The van der Waals surface area contributed by atoms with Gasteiger partial charge in [-0.2, -0.15) is 13.2 Å². The van der Waals surface area contributed by atoms with Crippen LogP contribution in [-0.2, 0) is 22.8 Å². The normalized spacial score (nSPS) is 11.8. The largest absolute Gasteiger partial charge is 0.481 e. The Hall–Kier alpha value is -4.55. The van der Waals surface area contributed by atoms with Crippen LogP contribution in [0.15, 0.2) is 41.3 Å². The molecule has 1 heterocycles. The first kappa shape index (κ1) is 36.6. The maximum Gasteiger partial charge on any atom is 0.419 e. The van der Waals surface area contributed by atoms with E-state index in [1.807, 2.05) is 5.32 Å². The number of amides is 2. The van der Waals surface area contributed by atoms with Crippen molar-refractivity contribution >= 4 is 17.8 Å². The molecular weight excluding hydrogens is 601 g/mol. The Balaban J connectivity index is 0.00000166. The summed E-state index contributed by atoms with van der Waals surface area (Å²) in [7, 11) is 1.38. The second kappa shape index (κ2) is 15.0. The Bertz CT molecular complexity index is 1620. The molecule has 0 radical (unpaired) electrons. The number of carboxylic acids is 1. The van der Waals surface area contributed by atoms with E-state index in [2.05, 4.69) is 26.1 Å². The van der Waals surface area contributed by atoms with Gasteiger partial charge < -0.3 is 20.3 Å². The number of rotatable bonds is 8. The van der Waals surface area contributed by atoms with Crippen molar-refractivity contribution in [1.82, 2.24) is 15.2 Å². The number of carbonyl (C=O) groups excluding carboxylic acids is 2. The lowest BCUT2D eigenvalue weighted by Crippen LogP contribution is -2.41. The van der Waals surface area contributed by atoms with Crippen LogP contribution in [0.2, 0.25) is 0 Å². The van der Waals surface area contributed by atoms with Crippen LogP contribution in [0.1, 0.15) is 71.4 Å². The number of aryl methyl sites for hydroxylation is 4. The van der Waals surface area contributed by atoms with Gasteiger partial charge in [0.15, 0.2) is 0 Å². The molecule has 0 aliphatic heterocycles. The summed E-state index contributed by atoms with van der Waals surface area (Å²) in [5.74, 6) is -6.54. The van der Waals surface area contributed by atoms with E-state index in [4.69, 9.17) is 0 Å². The van der Waals surface area contributed by atoms with E-state index in [9.17, 15) is 37.5 Å². The number of alkyl halides is 3. The molecule has 1 unspecified atom stereocenters. The number of pyridine rings is 1. The van der Waals surface area contributed by atoms with Crippen molar-refractivity contribution < 1.29 is 41.4 Å². The Morgan fingerprint density at radius 2 is 1.53 bits per heavy atom. The van der Waals surface area contributed by atoms with Crippen molar-refractivity contribution in [2.24, 2.45) is 13.0 Å².